The highest BCUT2D eigenvalue weighted by Crippen LogP contribution is 2.20. The third-order valence-corrected chi connectivity index (χ3v) is 3.33. The number of aliphatic hydroxyl groups excluding tert-OH is 1. The van der Waals surface area contributed by atoms with Crippen molar-refractivity contribution in [1.82, 2.24) is 5.32 Å². The lowest BCUT2D eigenvalue weighted by Crippen LogP contribution is -2.39. The molecule has 1 amide bonds. The number of nitrogens with one attached hydrogen (secondary N) is 1. The predicted octanol–water partition coefficient (Wildman–Crippen LogP) is 2.94. The summed E-state index contributed by atoms with van der Waals surface area (Å²) in [6.07, 6.45) is 3.85. The van der Waals surface area contributed by atoms with Crippen LogP contribution in [0.4, 0.5) is 0 Å². The summed E-state index contributed by atoms with van der Waals surface area (Å²) in [6, 6.07) is 3.53. The maximum atomic E-state index is 11.7. The maximum Gasteiger partial charge on any atom is 0.244 e. The fourth-order valence-electron chi connectivity index (χ4n) is 1.78. The van der Waals surface area contributed by atoms with Crippen molar-refractivity contribution >= 4 is 17.7 Å². The molecule has 0 saturated carbocycles. The van der Waals surface area contributed by atoms with Crippen molar-refractivity contribution in [2.45, 2.75) is 39.0 Å². The molecule has 1 rings (SSSR count). The Bertz CT molecular complexity index is 421. The van der Waals surface area contributed by atoms with E-state index in [4.69, 9.17) is 4.42 Å². The first-order valence-electron chi connectivity index (χ1n) is 6.62. The first-order chi connectivity index (χ1) is 9.40. The molecule has 0 bridgehead atoms. The molecule has 0 spiro atoms. The Balaban J connectivity index is 2.30. The molecule has 0 aromatic carbocycles. The van der Waals surface area contributed by atoms with Crippen LogP contribution in [-0.4, -0.2) is 23.7 Å². The molecule has 1 atom stereocenters. The predicted molar refractivity (Wildman–Crippen MR) is 82.2 cm³/mol. The molecular weight excluding hydrogens is 274 g/mol. The molecule has 0 radical (unpaired) electrons. The standard InChI is InChI=1S/C15H23NO3S/c1-15(2,3)9-12(10-17)16-14(18)6-8-20-11-13-5-4-7-19-13/h4-8,12,17H,9-11H2,1-3H3,(H,16,18)/b8-6+. The van der Waals surface area contributed by atoms with E-state index in [0.29, 0.717) is 5.75 Å². The van der Waals surface area contributed by atoms with E-state index >= 15 is 0 Å². The van der Waals surface area contributed by atoms with Gasteiger partial charge in [-0.2, -0.15) is 0 Å². The lowest BCUT2D eigenvalue weighted by atomic mass is 9.88. The zero-order chi connectivity index (χ0) is 15.0. The Labute approximate surface area is 124 Å². The summed E-state index contributed by atoms with van der Waals surface area (Å²) in [5.41, 5.74) is 0.0679. The highest BCUT2D eigenvalue weighted by molar-refractivity contribution is 8.01. The Morgan fingerprint density at radius 2 is 2.30 bits per heavy atom. The van der Waals surface area contributed by atoms with Gasteiger partial charge in [0.1, 0.15) is 5.76 Å². The van der Waals surface area contributed by atoms with Crippen LogP contribution in [0.5, 0.6) is 0 Å². The molecule has 0 aliphatic rings. The van der Waals surface area contributed by atoms with E-state index in [1.807, 2.05) is 12.1 Å². The summed E-state index contributed by atoms with van der Waals surface area (Å²) in [6.45, 7) is 6.20. The van der Waals surface area contributed by atoms with Crippen molar-refractivity contribution in [3.05, 3.63) is 35.6 Å². The average Bonchev–Trinajstić information content (AvgIpc) is 2.85. The summed E-state index contributed by atoms with van der Waals surface area (Å²) in [5, 5.41) is 13.8. The first-order valence-corrected chi connectivity index (χ1v) is 7.67. The van der Waals surface area contributed by atoms with Crippen LogP contribution in [0.1, 0.15) is 33.0 Å². The second kappa shape index (κ2) is 8.17. The zero-order valence-electron chi connectivity index (χ0n) is 12.3. The van der Waals surface area contributed by atoms with Crippen molar-refractivity contribution in [3.63, 3.8) is 0 Å². The minimum absolute atomic E-state index is 0.0452. The number of hydrogen-bond acceptors (Lipinski definition) is 4. The van der Waals surface area contributed by atoms with Crippen LogP contribution in [0.25, 0.3) is 0 Å². The molecule has 0 aliphatic heterocycles. The van der Waals surface area contributed by atoms with Gasteiger partial charge in [0, 0.05) is 6.08 Å². The van der Waals surface area contributed by atoms with Crippen molar-refractivity contribution in [2.75, 3.05) is 6.61 Å². The molecule has 0 saturated heterocycles. The van der Waals surface area contributed by atoms with Crippen LogP contribution in [0.3, 0.4) is 0 Å². The molecule has 20 heavy (non-hydrogen) atoms. The molecule has 0 fully saturated rings. The van der Waals surface area contributed by atoms with E-state index in [9.17, 15) is 9.90 Å². The van der Waals surface area contributed by atoms with Crippen molar-refractivity contribution in [3.8, 4) is 0 Å². The molecule has 112 valence electrons. The van der Waals surface area contributed by atoms with Crippen molar-refractivity contribution in [2.24, 2.45) is 5.41 Å². The van der Waals surface area contributed by atoms with Crippen LogP contribution in [0.15, 0.2) is 34.3 Å². The number of carbonyl (C=O) groups is 1. The van der Waals surface area contributed by atoms with E-state index in [1.54, 1.807) is 11.7 Å². The maximum absolute atomic E-state index is 11.7. The van der Waals surface area contributed by atoms with Gasteiger partial charge in [-0.25, -0.2) is 0 Å². The highest BCUT2D eigenvalue weighted by atomic mass is 32.2. The van der Waals surface area contributed by atoms with E-state index in [2.05, 4.69) is 26.1 Å². The van der Waals surface area contributed by atoms with Gasteiger partial charge in [-0.1, -0.05) is 20.8 Å². The summed E-state index contributed by atoms with van der Waals surface area (Å²) in [4.78, 5) is 11.7. The molecule has 1 heterocycles. The van der Waals surface area contributed by atoms with Gasteiger partial charge in [0.2, 0.25) is 5.91 Å². The van der Waals surface area contributed by atoms with Crippen LogP contribution >= 0.6 is 11.8 Å². The van der Waals surface area contributed by atoms with E-state index in [0.717, 1.165) is 12.2 Å². The van der Waals surface area contributed by atoms with Gasteiger partial charge in [-0.15, -0.1) is 11.8 Å². The summed E-state index contributed by atoms with van der Waals surface area (Å²) in [5.74, 6) is 1.39. The zero-order valence-corrected chi connectivity index (χ0v) is 13.1. The third-order valence-electron chi connectivity index (χ3n) is 2.55. The van der Waals surface area contributed by atoms with E-state index in [-0.39, 0.29) is 24.0 Å². The summed E-state index contributed by atoms with van der Waals surface area (Å²) >= 11 is 1.49. The monoisotopic (exact) mass is 297 g/mol. The van der Waals surface area contributed by atoms with Crippen LogP contribution in [-0.2, 0) is 10.5 Å². The first kappa shape index (κ1) is 16.9. The van der Waals surface area contributed by atoms with Gasteiger partial charge in [-0.05, 0) is 29.4 Å². The van der Waals surface area contributed by atoms with Crippen molar-refractivity contribution < 1.29 is 14.3 Å². The Hall–Kier alpha value is -1.20. The van der Waals surface area contributed by atoms with Crippen LogP contribution in [0.2, 0.25) is 0 Å². The molecular formula is C15H23NO3S. The smallest absolute Gasteiger partial charge is 0.244 e. The molecule has 5 heteroatoms. The summed E-state index contributed by atoms with van der Waals surface area (Å²) in [7, 11) is 0. The second-order valence-electron chi connectivity index (χ2n) is 5.85. The lowest BCUT2D eigenvalue weighted by molar-refractivity contribution is -0.117. The minimum atomic E-state index is -0.206. The molecule has 1 aromatic rings. The number of carbonyl (C=O) groups excluding carboxylic acids is 1. The number of rotatable bonds is 7. The topological polar surface area (TPSA) is 62.5 Å². The second-order valence-corrected chi connectivity index (χ2v) is 6.74. The number of furan rings is 1. The SMILES string of the molecule is CC(C)(C)CC(CO)NC(=O)/C=C/SCc1ccco1. The fraction of sp³-hybridized carbons (Fsp3) is 0.533. The highest BCUT2D eigenvalue weighted by Gasteiger charge is 2.18. The largest absolute Gasteiger partial charge is 0.468 e. The van der Waals surface area contributed by atoms with Gasteiger partial charge in [-0.3, -0.25) is 4.79 Å². The van der Waals surface area contributed by atoms with E-state index in [1.165, 1.54) is 17.8 Å². The number of thioether (sulfide) groups is 1. The number of aliphatic hydroxyl groups is 1. The normalized spacial score (nSPS) is 13.6. The van der Waals surface area contributed by atoms with Crippen LogP contribution < -0.4 is 5.32 Å². The van der Waals surface area contributed by atoms with Gasteiger partial charge in [0.25, 0.3) is 0 Å². The molecule has 1 aromatic heterocycles. The molecule has 2 N–H and O–H groups in total. The van der Waals surface area contributed by atoms with Gasteiger partial charge < -0.3 is 14.8 Å². The summed E-state index contributed by atoms with van der Waals surface area (Å²) < 4.78 is 5.19. The van der Waals surface area contributed by atoms with Gasteiger partial charge in [0.15, 0.2) is 0 Å². The number of hydrogen-bond donors (Lipinski definition) is 2. The minimum Gasteiger partial charge on any atom is -0.468 e. The van der Waals surface area contributed by atoms with Gasteiger partial charge >= 0.3 is 0 Å². The van der Waals surface area contributed by atoms with E-state index < -0.39 is 0 Å². The Kier molecular flexibility index (Phi) is 6.88. The molecule has 1 unspecified atom stereocenters. The van der Waals surface area contributed by atoms with Gasteiger partial charge in [0.05, 0.1) is 24.7 Å². The van der Waals surface area contributed by atoms with Crippen LogP contribution in [0, 0.1) is 5.41 Å². The fourth-order valence-corrected chi connectivity index (χ4v) is 2.43. The number of amides is 1. The molecule has 0 aliphatic carbocycles. The third kappa shape index (κ3) is 7.40. The lowest BCUT2D eigenvalue weighted by Gasteiger charge is -2.24. The Morgan fingerprint density at radius 3 is 2.85 bits per heavy atom. The quantitative estimate of drug-likeness (QED) is 0.760. The Morgan fingerprint density at radius 1 is 1.55 bits per heavy atom. The molecule has 4 nitrogen and oxygen atoms in total. The average molecular weight is 297 g/mol. The van der Waals surface area contributed by atoms with Crippen molar-refractivity contribution in [1.29, 1.82) is 0 Å².